The highest BCUT2D eigenvalue weighted by molar-refractivity contribution is 7.80. The van der Waals surface area contributed by atoms with Crippen molar-refractivity contribution in [1.29, 1.82) is 10.5 Å². The summed E-state index contributed by atoms with van der Waals surface area (Å²) in [4.78, 5) is 14.2. The highest BCUT2D eigenvalue weighted by Crippen LogP contribution is 2.34. The van der Waals surface area contributed by atoms with E-state index in [9.17, 15) is 24.1 Å². The van der Waals surface area contributed by atoms with Crippen LogP contribution in [0.2, 0.25) is 0 Å². The first-order valence-corrected chi connectivity index (χ1v) is 10.2. The normalized spacial score (nSPS) is 10.3. The summed E-state index contributed by atoms with van der Waals surface area (Å²) in [6.07, 6.45) is 0. The Balaban J connectivity index is 1.99. The second-order valence-corrected chi connectivity index (χ2v) is 7.70. The van der Waals surface area contributed by atoms with Crippen molar-refractivity contribution < 1.29 is 13.6 Å². The minimum Gasteiger partial charge on any atom is -0.289 e. The molecule has 0 heterocycles. The van der Waals surface area contributed by atoms with Gasteiger partial charge in [-0.15, -0.1) is 12.6 Å². The molecule has 0 unspecified atom stereocenters. The van der Waals surface area contributed by atoms with Crippen molar-refractivity contribution in [3.63, 3.8) is 0 Å². The number of carbonyl (C=O) groups is 1. The second kappa shape index (κ2) is 9.08. The van der Waals surface area contributed by atoms with Crippen LogP contribution < -0.4 is 0 Å². The number of rotatable bonds is 4. The second-order valence-electron chi connectivity index (χ2n) is 7.18. The van der Waals surface area contributed by atoms with Gasteiger partial charge in [-0.2, -0.15) is 10.5 Å². The number of carbonyl (C=O) groups excluding carboxylic acids is 1. The SMILES string of the molecule is N#Cc1c(F)cccc1-c1ccc(-c2cccc(F)c2C#N)c(C(=O)c2ccc(S)cc2)c1. The molecule has 0 bridgehead atoms. The van der Waals surface area contributed by atoms with Crippen molar-refractivity contribution in [2.45, 2.75) is 4.90 Å². The molecule has 0 saturated carbocycles. The molecule has 0 aliphatic carbocycles. The molecule has 158 valence electrons. The van der Waals surface area contributed by atoms with Crippen LogP contribution in [0, 0.1) is 34.3 Å². The number of nitrogens with zero attached hydrogens (tertiary/aromatic N) is 2. The first-order chi connectivity index (χ1) is 15.9. The number of benzene rings is 4. The highest BCUT2D eigenvalue weighted by Gasteiger charge is 2.21. The fraction of sp³-hybridized carbons (Fsp3) is 0. The predicted molar refractivity (Wildman–Crippen MR) is 124 cm³/mol. The van der Waals surface area contributed by atoms with Gasteiger partial charge in [0.2, 0.25) is 0 Å². The number of hydrogen-bond acceptors (Lipinski definition) is 4. The maximum Gasteiger partial charge on any atom is 0.193 e. The van der Waals surface area contributed by atoms with E-state index in [-0.39, 0.29) is 28.0 Å². The minimum atomic E-state index is -0.700. The Morgan fingerprint density at radius 1 is 0.727 bits per heavy atom. The topological polar surface area (TPSA) is 64.7 Å². The van der Waals surface area contributed by atoms with Crippen LogP contribution in [0.15, 0.2) is 83.8 Å². The largest absolute Gasteiger partial charge is 0.289 e. The standard InChI is InChI=1S/C27H14F2N2OS/c28-25-5-1-3-19(23(25)14-30)17-9-12-21(20-4-2-6-26(29)24(20)15-31)22(13-17)27(32)16-7-10-18(33)11-8-16/h1-13,33H. The van der Waals surface area contributed by atoms with Gasteiger partial charge in [-0.1, -0.05) is 36.4 Å². The van der Waals surface area contributed by atoms with Crippen LogP contribution in [-0.2, 0) is 0 Å². The minimum absolute atomic E-state index is 0.147. The van der Waals surface area contributed by atoms with Gasteiger partial charge < -0.3 is 0 Å². The number of halogens is 2. The molecule has 4 aromatic carbocycles. The monoisotopic (exact) mass is 452 g/mol. The van der Waals surface area contributed by atoms with E-state index in [1.54, 1.807) is 48.5 Å². The third kappa shape index (κ3) is 4.13. The summed E-state index contributed by atoms with van der Waals surface area (Å²) >= 11 is 4.24. The van der Waals surface area contributed by atoms with Crippen molar-refractivity contribution in [3.05, 3.63) is 113 Å². The van der Waals surface area contributed by atoms with Crippen molar-refractivity contribution in [2.75, 3.05) is 0 Å². The molecule has 0 radical (unpaired) electrons. The Labute approximate surface area is 194 Å². The zero-order valence-corrected chi connectivity index (χ0v) is 17.9. The Hall–Kier alpha value is -4.26. The summed E-state index contributed by atoms with van der Waals surface area (Å²) in [5, 5.41) is 18.9. The van der Waals surface area contributed by atoms with Crippen LogP contribution in [-0.4, -0.2) is 5.78 Å². The van der Waals surface area contributed by atoms with Gasteiger partial charge in [0.1, 0.15) is 23.8 Å². The van der Waals surface area contributed by atoms with Gasteiger partial charge in [-0.3, -0.25) is 4.79 Å². The molecule has 0 aliphatic rings. The van der Waals surface area contributed by atoms with Gasteiger partial charge in [-0.25, -0.2) is 8.78 Å². The van der Waals surface area contributed by atoms with E-state index in [4.69, 9.17) is 0 Å². The van der Waals surface area contributed by atoms with Crippen molar-refractivity contribution in [2.24, 2.45) is 0 Å². The molecule has 6 heteroatoms. The molecule has 0 saturated heterocycles. The smallest absolute Gasteiger partial charge is 0.193 e. The summed E-state index contributed by atoms with van der Waals surface area (Å²) in [5.41, 5.74) is 1.60. The number of thiol groups is 1. The van der Waals surface area contributed by atoms with Crippen molar-refractivity contribution in [1.82, 2.24) is 0 Å². The lowest BCUT2D eigenvalue weighted by Crippen LogP contribution is -2.05. The molecule has 0 N–H and O–H groups in total. The number of ketones is 1. The van der Waals surface area contributed by atoms with Gasteiger partial charge in [0.05, 0.1) is 11.1 Å². The molecule has 4 rings (SSSR count). The van der Waals surface area contributed by atoms with Gasteiger partial charge in [-0.05, 0) is 53.6 Å². The maximum absolute atomic E-state index is 14.3. The van der Waals surface area contributed by atoms with Crippen LogP contribution in [0.5, 0.6) is 0 Å². The third-order valence-electron chi connectivity index (χ3n) is 5.25. The van der Waals surface area contributed by atoms with E-state index < -0.39 is 11.6 Å². The molecule has 0 atom stereocenters. The maximum atomic E-state index is 14.3. The average Bonchev–Trinajstić information content (AvgIpc) is 2.83. The summed E-state index contributed by atoms with van der Waals surface area (Å²) in [7, 11) is 0. The van der Waals surface area contributed by atoms with Crippen molar-refractivity contribution in [3.8, 4) is 34.4 Å². The molecular weight excluding hydrogens is 438 g/mol. The van der Waals surface area contributed by atoms with Crippen LogP contribution >= 0.6 is 12.6 Å². The van der Waals surface area contributed by atoms with E-state index in [2.05, 4.69) is 12.6 Å². The van der Waals surface area contributed by atoms with E-state index in [1.807, 2.05) is 12.1 Å². The molecule has 0 spiro atoms. The van der Waals surface area contributed by atoms with Gasteiger partial charge >= 0.3 is 0 Å². The first-order valence-electron chi connectivity index (χ1n) is 9.80. The van der Waals surface area contributed by atoms with E-state index in [1.165, 1.54) is 30.3 Å². The molecule has 33 heavy (non-hydrogen) atoms. The quantitative estimate of drug-likeness (QED) is 0.282. The molecular formula is C27H14F2N2OS. The van der Waals surface area contributed by atoms with E-state index >= 15 is 0 Å². The zero-order valence-electron chi connectivity index (χ0n) is 17.0. The summed E-state index contributed by atoms with van der Waals surface area (Å²) < 4.78 is 28.5. The lowest BCUT2D eigenvalue weighted by molar-refractivity contribution is 0.103. The van der Waals surface area contributed by atoms with E-state index in [0.717, 1.165) is 0 Å². The fourth-order valence-corrected chi connectivity index (χ4v) is 3.79. The van der Waals surface area contributed by atoms with Crippen LogP contribution in [0.4, 0.5) is 8.78 Å². The molecule has 0 aromatic heterocycles. The molecule has 4 aromatic rings. The molecule has 0 fully saturated rings. The fourth-order valence-electron chi connectivity index (χ4n) is 3.64. The van der Waals surface area contributed by atoms with E-state index in [0.29, 0.717) is 27.1 Å². The summed E-state index contributed by atoms with van der Waals surface area (Å²) in [5.74, 6) is -1.75. The Kier molecular flexibility index (Phi) is 6.04. The van der Waals surface area contributed by atoms with Crippen LogP contribution in [0.1, 0.15) is 27.0 Å². The zero-order chi connectivity index (χ0) is 23.5. The molecule has 3 nitrogen and oxygen atoms in total. The number of hydrogen-bond donors (Lipinski definition) is 1. The number of nitriles is 2. The van der Waals surface area contributed by atoms with Gasteiger partial charge in [0.15, 0.2) is 5.78 Å². The Morgan fingerprint density at radius 3 is 1.91 bits per heavy atom. The Morgan fingerprint density at radius 2 is 1.30 bits per heavy atom. The predicted octanol–water partition coefficient (Wildman–Crippen LogP) is 6.56. The summed E-state index contributed by atoms with van der Waals surface area (Å²) in [6.45, 7) is 0. The van der Waals surface area contributed by atoms with Gasteiger partial charge in [0, 0.05) is 27.1 Å². The van der Waals surface area contributed by atoms with Crippen LogP contribution in [0.3, 0.4) is 0 Å². The van der Waals surface area contributed by atoms with Crippen molar-refractivity contribution >= 4 is 18.4 Å². The highest BCUT2D eigenvalue weighted by atomic mass is 32.1. The van der Waals surface area contributed by atoms with Gasteiger partial charge in [0.25, 0.3) is 0 Å². The Bertz CT molecular complexity index is 1480. The lowest BCUT2D eigenvalue weighted by Gasteiger charge is -2.14. The summed E-state index contributed by atoms with van der Waals surface area (Å²) in [6, 6.07) is 23.5. The molecule has 0 aliphatic heterocycles. The van der Waals surface area contributed by atoms with Crippen LogP contribution in [0.25, 0.3) is 22.3 Å². The first kappa shape index (κ1) is 22.0. The molecule has 0 amide bonds. The average molecular weight is 452 g/mol. The lowest BCUT2D eigenvalue weighted by atomic mass is 9.88. The third-order valence-corrected chi connectivity index (χ3v) is 5.54.